The summed E-state index contributed by atoms with van der Waals surface area (Å²) < 4.78 is 20.7. The van der Waals surface area contributed by atoms with E-state index in [-0.39, 0.29) is 36.0 Å². The predicted molar refractivity (Wildman–Crippen MR) is 138 cm³/mol. The monoisotopic (exact) mass is 516 g/mol. The minimum Gasteiger partial charge on any atom is -0.466 e. The number of nitrogens with zero attached hydrogens (tertiary/aromatic N) is 3. The van der Waals surface area contributed by atoms with Gasteiger partial charge in [0.2, 0.25) is 0 Å². The third-order valence-corrected chi connectivity index (χ3v) is 6.82. The minimum atomic E-state index is -0.749. The first-order valence-electron chi connectivity index (χ1n) is 13.1. The Morgan fingerprint density at radius 3 is 2.38 bits per heavy atom. The standard InChI is InChI=1S/C28H39FN3O5/c1-5-22(33)17-23(34)13-16-32-25(18(3)4)24(30-26(32)19-7-9-21(29)10-8-19)27(35)31-14-11-20(12-15-31)28(36)37-6-2/h7-10,18,20,22-23,33-34H,1,5-6,11-17H2,2-4H3. The third kappa shape index (κ3) is 7.17. The Bertz CT molecular complexity index is 1040. The summed E-state index contributed by atoms with van der Waals surface area (Å²) in [5.41, 5.74) is 1.73. The molecular formula is C28H39FN3O5. The molecule has 9 heteroatoms. The van der Waals surface area contributed by atoms with Crippen molar-refractivity contribution in [1.29, 1.82) is 0 Å². The van der Waals surface area contributed by atoms with Crippen molar-refractivity contribution in [3.63, 3.8) is 0 Å². The van der Waals surface area contributed by atoms with Gasteiger partial charge in [0.25, 0.3) is 5.91 Å². The van der Waals surface area contributed by atoms with Crippen molar-refractivity contribution in [2.75, 3.05) is 19.7 Å². The summed E-state index contributed by atoms with van der Waals surface area (Å²) in [6.45, 7) is 11.0. The van der Waals surface area contributed by atoms with E-state index in [1.807, 2.05) is 18.4 Å². The summed E-state index contributed by atoms with van der Waals surface area (Å²) in [6, 6.07) is 5.95. The van der Waals surface area contributed by atoms with Gasteiger partial charge < -0.3 is 24.4 Å². The van der Waals surface area contributed by atoms with Gasteiger partial charge in [0.05, 0.1) is 30.4 Å². The highest BCUT2D eigenvalue weighted by molar-refractivity contribution is 5.94. The topological polar surface area (TPSA) is 105 Å². The van der Waals surface area contributed by atoms with E-state index in [0.717, 1.165) is 5.69 Å². The normalized spacial score (nSPS) is 16.2. The molecule has 0 aliphatic carbocycles. The van der Waals surface area contributed by atoms with Gasteiger partial charge in [-0.3, -0.25) is 9.59 Å². The van der Waals surface area contributed by atoms with Gasteiger partial charge in [-0.2, -0.15) is 0 Å². The molecule has 203 valence electrons. The van der Waals surface area contributed by atoms with E-state index in [2.05, 4.69) is 6.92 Å². The Labute approximate surface area is 218 Å². The lowest BCUT2D eigenvalue weighted by Gasteiger charge is -2.30. The lowest BCUT2D eigenvalue weighted by Crippen LogP contribution is -2.41. The number of rotatable bonds is 11. The molecule has 2 atom stereocenters. The van der Waals surface area contributed by atoms with Crippen molar-refractivity contribution in [3.05, 3.63) is 48.4 Å². The zero-order valence-electron chi connectivity index (χ0n) is 22.0. The Balaban J connectivity index is 1.91. The van der Waals surface area contributed by atoms with Crippen LogP contribution >= 0.6 is 0 Å². The maximum Gasteiger partial charge on any atom is 0.309 e. The zero-order chi connectivity index (χ0) is 27.1. The molecule has 1 aromatic carbocycles. The van der Waals surface area contributed by atoms with E-state index >= 15 is 0 Å². The van der Waals surface area contributed by atoms with Crippen LogP contribution in [0, 0.1) is 18.7 Å². The molecule has 8 nitrogen and oxygen atoms in total. The van der Waals surface area contributed by atoms with Crippen molar-refractivity contribution in [2.45, 2.75) is 77.5 Å². The number of halogens is 1. The van der Waals surface area contributed by atoms with E-state index in [1.165, 1.54) is 12.1 Å². The summed E-state index contributed by atoms with van der Waals surface area (Å²) in [6.07, 6.45) is 0.505. The fourth-order valence-electron chi connectivity index (χ4n) is 4.81. The van der Waals surface area contributed by atoms with Gasteiger partial charge in [-0.25, -0.2) is 9.37 Å². The number of amides is 1. The highest BCUT2D eigenvalue weighted by atomic mass is 19.1. The number of ether oxygens (including phenoxy) is 1. The molecule has 1 fully saturated rings. The minimum absolute atomic E-state index is 0.0553. The number of aliphatic hydroxyl groups excluding tert-OH is 2. The molecule has 1 aliphatic rings. The molecule has 0 saturated carbocycles. The Morgan fingerprint density at radius 2 is 1.81 bits per heavy atom. The molecule has 2 unspecified atom stereocenters. The molecule has 2 N–H and O–H groups in total. The second kappa shape index (κ2) is 13.1. The molecule has 3 rings (SSSR count). The van der Waals surface area contributed by atoms with Crippen LogP contribution in [-0.4, -0.2) is 68.4 Å². The number of esters is 1. The van der Waals surface area contributed by atoms with Crippen LogP contribution in [0.15, 0.2) is 24.3 Å². The summed E-state index contributed by atoms with van der Waals surface area (Å²) >= 11 is 0. The fraction of sp³-hybridized carbons (Fsp3) is 0.571. The summed E-state index contributed by atoms with van der Waals surface area (Å²) in [5.74, 6) is -0.539. The van der Waals surface area contributed by atoms with Crippen molar-refractivity contribution >= 4 is 11.9 Å². The van der Waals surface area contributed by atoms with Gasteiger partial charge in [-0.1, -0.05) is 20.8 Å². The maximum absolute atomic E-state index is 13.7. The Morgan fingerprint density at radius 1 is 1.16 bits per heavy atom. The number of benzene rings is 1. The number of piperidine rings is 1. The smallest absolute Gasteiger partial charge is 0.309 e. The van der Waals surface area contributed by atoms with Crippen molar-refractivity contribution in [2.24, 2.45) is 5.92 Å². The molecule has 1 aromatic heterocycles. The van der Waals surface area contributed by atoms with Gasteiger partial charge in [-0.05, 0) is 69.2 Å². The first-order valence-corrected chi connectivity index (χ1v) is 13.1. The molecule has 37 heavy (non-hydrogen) atoms. The van der Waals surface area contributed by atoms with Crippen LogP contribution < -0.4 is 0 Å². The second-order valence-corrected chi connectivity index (χ2v) is 9.92. The average molecular weight is 517 g/mol. The average Bonchev–Trinajstić information content (AvgIpc) is 3.27. The zero-order valence-corrected chi connectivity index (χ0v) is 22.0. The van der Waals surface area contributed by atoms with Gasteiger partial charge in [-0.15, -0.1) is 0 Å². The quantitative estimate of drug-likeness (QED) is 0.438. The molecule has 2 heterocycles. The van der Waals surface area contributed by atoms with E-state index in [9.17, 15) is 24.2 Å². The fourth-order valence-corrected chi connectivity index (χ4v) is 4.81. The van der Waals surface area contributed by atoms with Crippen molar-refractivity contribution < 1.29 is 28.9 Å². The number of hydrogen-bond acceptors (Lipinski definition) is 6. The van der Waals surface area contributed by atoms with E-state index in [4.69, 9.17) is 9.72 Å². The van der Waals surface area contributed by atoms with Gasteiger partial charge in [0, 0.05) is 25.2 Å². The van der Waals surface area contributed by atoms with Crippen molar-refractivity contribution in [3.8, 4) is 11.4 Å². The number of imidazole rings is 1. The molecule has 1 aliphatic heterocycles. The lowest BCUT2D eigenvalue weighted by atomic mass is 9.96. The summed E-state index contributed by atoms with van der Waals surface area (Å²) in [5, 5.41) is 20.4. The van der Waals surface area contributed by atoms with E-state index < -0.39 is 12.2 Å². The number of aromatic nitrogens is 2. The molecule has 2 aromatic rings. The third-order valence-electron chi connectivity index (χ3n) is 6.82. The molecule has 1 radical (unpaired) electrons. The van der Waals surface area contributed by atoms with Crippen LogP contribution in [0.3, 0.4) is 0 Å². The Hall–Kier alpha value is -2.78. The summed E-state index contributed by atoms with van der Waals surface area (Å²) in [7, 11) is 0. The number of likely N-dealkylation sites (tertiary alicyclic amines) is 1. The van der Waals surface area contributed by atoms with Crippen LogP contribution in [0.1, 0.15) is 75.0 Å². The highest BCUT2D eigenvalue weighted by Crippen LogP contribution is 2.31. The largest absolute Gasteiger partial charge is 0.466 e. The number of hydrogen-bond donors (Lipinski definition) is 2. The number of aliphatic hydroxyl groups is 2. The van der Waals surface area contributed by atoms with Gasteiger partial charge in [0.15, 0.2) is 5.69 Å². The number of carbonyl (C=O) groups is 2. The second-order valence-electron chi connectivity index (χ2n) is 9.92. The molecule has 0 spiro atoms. The first kappa shape index (κ1) is 28.8. The van der Waals surface area contributed by atoms with Crippen LogP contribution in [0.5, 0.6) is 0 Å². The highest BCUT2D eigenvalue weighted by Gasteiger charge is 2.33. The van der Waals surface area contributed by atoms with Crippen LogP contribution in [0.2, 0.25) is 0 Å². The predicted octanol–water partition coefficient (Wildman–Crippen LogP) is 3.95. The van der Waals surface area contributed by atoms with E-state index in [1.54, 1.807) is 24.0 Å². The summed E-state index contributed by atoms with van der Waals surface area (Å²) in [4.78, 5) is 32.3. The maximum atomic E-state index is 13.7. The molecular weight excluding hydrogens is 477 g/mol. The molecule has 0 bridgehead atoms. The molecule has 1 saturated heterocycles. The van der Waals surface area contributed by atoms with Crippen molar-refractivity contribution in [1.82, 2.24) is 14.5 Å². The lowest BCUT2D eigenvalue weighted by molar-refractivity contribution is -0.149. The SMILES string of the molecule is [CH2]CC(O)CC(O)CCn1c(-c2ccc(F)cc2)nc(C(=O)N2CCC(C(=O)OCC)CC2)c1C(C)C. The van der Waals surface area contributed by atoms with Crippen LogP contribution in [-0.2, 0) is 16.1 Å². The van der Waals surface area contributed by atoms with Crippen LogP contribution in [0.25, 0.3) is 11.4 Å². The van der Waals surface area contributed by atoms with Gasteiger partial charge >= 0.3 is 5.97 Å². The number of carbonyl (C=O) groups excluding carboxylic acids is 2. The van der Waals surface area contributed by atoms with Crippen LogP contribution in [0.4, 0.5) is 4.39 Å². The molecule has 1 amide bonds. The van der Waals surface area contributed by atoms with Gasteiger partial charge in [0.1, 0.15) is 11.6 Å². The van der Waals surface area contributed by atoms with E-state index in [0.29, 0.717) is 69.0 Å². The Kier molecular flexibility index (Phi) is 10.2. The first-order chi connectivity index (χ1) is 17.7.